The molecule has 1 saturated carbocycles. The molecule has 36 heavy (non-hydrogen) atoms. The quantitative estimate of drug-likeness (QED) is 0.379. The van der Waals surface area contributed by atoms with Crippen LogP contribution in [0.25, 0.3) is 11.5 Å². The van der Waals surface area contributed by atoms with Gasteiger partial charge < -0.3 is 10.6 Å². The Balaban J connectivity index is 1.69. The molecule has 7 nitrogen and oxygen atoms in total. The van der Waals surface area contributed by atoms with Crippen molar-refractivity contribution in [1.82, 2.24) is 24.9 Å². The molecule has 3 aromatic rings. The van der Waals surface area contributed by atoms with E-state index in [4.69, 9.17) is 0 Å². The molecule has 2 N–H and O–H groups in total. The summed E-state index contributed by atoms with van der Waals surface area (Å²) in [6, 6.07) is 5.22. The number of hydrogen-bond donors (Lipinski definition) is 2. The van der Waals surface area contributed by atoms with E-state index in [1.54, 1.807) is 0 Å². The molecule has 0 radical (unpaired) electrons. The van der Waals surface area contributed by atoms with Crippen molar-refractivity contribution < 1.29 is 30.7 Å². The molecule has 14 heteroatoms. The van der Waals surface area contributed by atoms with Gasteiger partial charge in [0.15, 0.2) is 5.82 Å². The van der Waals surface area contributed by atoms with Gasteiger partial charge in [-0.15, -0.1) is 0 Å². The molecule has 3 heterocycles. The highest BCUT2D eigenvalue weighted by Crippen LogP contribution is 2.34. The minimum absolute atomic E-state index is 0.0907. The predicted octanol–water partition coefficient (Wildman–Crippen LogP) is 6.19. The third kappa shape index (κ3) is 6.34. The van der Waals surface area contributed by atoms with E-state index in [1.807, 2.05) is 0 Å². The van der Waals surface area contributed by atoms with Gasteiger partial charge in [-0.05, 0) is 37.1 Å². The van der Waals surface area contributed by atoms with Crippen molar-refractivity contribution in [2.24, 2.45) is 0 Å². The normalized spacial score (nSPS) is 16.6. The first-order chi connectivity index (χ1) is 16.8. The maximum absolute atomic E-state index is 13.7. The summed E-state index contributed by atoms with van der Waals surface area (Å²) in [5.74, 6) is -6.50. The number of rotatable bonds is 6. The number of pyridine rings is 2. The first-order valence-corrected chi connectivity index (χ1v) is 10.8. The summed E-state index contributed by atoms with van der Waals surface area (Å²) in [4.78, 5) is 19.6. The Morgan fingerprint density at radius 2 is 1.58 bits per heavy atom. The maximum atomic E-state index is 13.7. The second-order valence-electron chi connectivity index (χ2n) is 8.43. The molecule has 1 fully saturated rings. The molecule has 1 aliphatic rings. The summed E-state index contributed by atoms with van der Waals surface area (Å²) >= 11 is 0. The lowest BCUT2D eigenvalue weighted by Gasteiger charge is -2.28. The zero-order chi connectivity index (χ0) is 26.1. The van der Waals surface area contributed by atoms with Crippen LogP contribution in [0, 0.1) is 0 Å². The number of halogens is 7. The van der Waals surface area contributed by atoms with Crippen LogP contribution in [-0.4, -0.2) is 36.9 Å². The molecular formula is C22H20F7N7. The van der Waals surface area contributed by atoms with Gasteiger partial charge in [-0.1, -0.05) is 6.07 Å². The fourth-order valence-corrected chi connectivity index (χ4v) is 3.57. The van der Waals surface area contributed by atoms with Gasteiger partial charge in [0, 0.05) is 37.7 Å². The van der Waals surface area contributed by atoms with Crippen LogP contribution < -0.4 is 10.6 Å². The van der Waals surface area contributed by atoms with E-state index in [2.05, 4.69) is 35.6 Å². The predicted molar refractivity (Wildman–Crippen MR) is 116 cm³/mol. The van der Waals surface area contributed by atoms with Gasteiger partial charge in [0.25, 0.3) is 5.92 Å². The SMILES string of the molecule is CC(F)(F)c1cc(Nc2nc(NC3CCC(F)(F)CC3)nc(-c3cccc(C(F)(F)F)n3)n2)ccn1. The Kier molecular flexibility index (Phi) is 6.71. The van der Waals surface area contributed by atoms with E-state index in [-0.39, 0.29) is 54.8 Å². The molecule has 0 atom stereocenters. The number of nitrogens with zero attached hydrogens (tertiary/aromatic N) is 5. The topological polar surface area (TPSA) is 88.5 Å². The van der Waals surface area contributed by atoms with E-state index in [0.717, 1.165) is 24.4 Å². The molecule has 0 saturated heterocycles. The number of nitrogens with one attached hydrogen (secondary N) is 2. The van der Waals surface area contributed by atoms with Crippen molar-refractivity contribution in [2.45, 2.75) is 56.7 Å². The van der Waals surface area contributed by atoms with Gasteiger partial charge in [0.1, 0.15) is 17.1 Å². The molecule has 0 bridgehead atoms. The van der Waals surface area contributed by atoms with Crippen molar-refractivity contribution in [3.05, 3.63) is 47.9 Å². The van der Waals surface area contributed by atoms with E-state index < -0.39 is 35.5 Å². The zero-order valence-corrected chi connectivity index (χ0v) is 18.8. The Bertz CT molecular complexity index is 1220. The standard InChI is InChI=1S/C22H20F7N7/c1-20(23,24)16-11-13(7-10-30-16)32-19-35-17(14-3-2-4-15(33-14)22(27,28)29)34-18(36-19)31-12-5-8-21(25,26)9-6-12/h2-4,7,10-12H,5-6,8-9H2,1H3,(H2,30,31,32,34,35,36). The van der Waals surface area contributed by atoms with Crippen molar-refractivity contribution >= 4 is 17.6 Å². The Morgan fingerprint density at radius 1 is 0.889 bits per heavy atom. The second kappa shape index (κ2) is 9.47. The molecule has 0 unspecified atom stereocenters. The van der Waals surface area contributed by atoms with E-state index in [1.165, 1.54) is 12.1 Å². The maximum Gasteiger partial charge on any atom is 0.433 e. The largest absolute Gasteiger partial charge is 0.433 e. The van der Waals surface area contributed by atoms with Gasteiger partial charge in [-0.25, -0.2) is 13.8 Å². The van der Waals surface area contributed by atoms with Crippen LogP contribution in [0.1, 0.15) is 44.0 Å². The summed E-state index contributed by atoms with van der Waals surface area (Å²) < 4.78 is 93.9. The van der Waals surface area contributed by atoms with Crippen LogP contribution in [0.15, 0.2) is 36.5 Å². The van der Waals surface area contributed by atoms with Crippen LogP contribution >= 0.6 is 0 Å². The Labute approximate surface area is 200 Å². The van der Waals surface area contributed by atoms with E-state index >= 15 is 0 Å². The molecule has 0 aliphatic heterocycles. The lowest BCUT2D eigenvalue weighted by molar-refractivity contribution is -0.141. The molecule has 1 aliphatic carbocycles. The minimum atomic E-state index is -4.71. The molecule has 4 rings (SSSR count). The summed E-state index contributed by atoms with van der Waals surface area (Å²) in [5, 5.41) is 5.63. The number of aromatic nitrogens is 5. The summed E-state index contributed by atoms with van der Waals surface area (Å²) in [5.41, 5.74) is -1.77. The Hall–Kier alpha value is -3.58. The molecule has 3 aromatic heterocycles. The van der Waals surface area contributed by atoms with Crippen LogP contribution in [-0.2, 0) is 12.1 Å². The zero-order valence-electron chi connectivity index (χ0n) is 18.8. The lowest BCUT2D eigenvalue weighted by Crippen LogP contribution is -2.32. The Morgan fingerprint density at radius 3 is 2.25 bits per heavy atom. The van der Waals surface area contributed by atoms with Crippen molar-refractivity contribution in [3.8, 4) is 11.5 Å². The molecule has 0 spiro atoms. The molecule has 192 valence electrons. The summed E-state index contributed by atoms with van der Waals surface area (Å²) in [6.45, 7) is 0.676. The first kappa shape index (κ1) is 25.5. The third-order valence-corrected chi connectivity index (χ3v) is 5.42. The van der Waals surface area contributed by atoms with Gasteiger partial charge in [-0.2, -0.15) is 36.9 Å². The van der Waals surface area contributed by atoms with Crippen LogP contribution in [0.4, 0.5) is 48.3 Å². The van der Waals surface area contributed by atoms with Gasteiger partial charge in [-0.3, -0.25) is 4.98 Å². The van der Waals surface area contributed by atoms with Crippen LogP contribution in [0.3, 0.4) is 0 Å². The van der Waals surface area contributed by atoms with E-state index in [0.29, 0.717) is 6.92 Å². The van der Waals surface area contributed by atoms with Crippen LogP contribution in [0.5, 0.6) is 0 Å². The fraction of sp³-hybridized carbons (Fsp3) is 0.409. The van der Waals surface area contributed by atoms with Gasteiger partial charge >= 0.3 is 6.18 Å². The first-order valence-electron chi connectivity index (χ1n) is 10.8. The number of alkyl halides is 7. The van der Waals surface area contributed by atoms with E-state index in [9.17, 15) is 30.7 Å². The number of anilines is 3. The minimum Gasteiger partial charge on any atom is -0.351 e. The molecule has 0 aromatic carbocycles. The highest BCUT2D eigenvalue weighted by atomic mass is 19.4. The molecular weight excluding hydrogens is 495 g/mol. The van der Waals surface area contributed by atoms with Crippen molar-refractivity contribution in [3.63, 3.8) is 0 Å². The smallest absolute Gasteiger partial charge is 0.351 e. The second-order valence-corrected chi connectivity index (χ2v) is 8.43. The van der Waals surface area contributed by atoms with Crippen molar-refractivity contribution in [1.29, 1.82) is 0 Å². The summed E-state index contributed by atoms with van der Waals surface area (Å²) in [6.07, 6.45) is -4.00. The number of hydrogen-bond acceptors (Lipinski definition) is 7. The lowest BCUT2D eigenvalue weighted by atomic mass is 9.92. The highest BCUT2D eigenvalue weighted by molar-refractivity contribution is 5.59. The van der Waals surface area contributed by atoms with Crippen molar-refractivity contribution in [2.75, 3.05) is 10.6 Å². The summed E-state index contributed by atoms with van der Waals surface area (Å²) in [7, 11) is 0. The van der Waals surface area contributed by atoms with Gasteiger partial charge in [0.05, 0.1) is 0 Å². The van der Waals surface area contributed by atoms with Crippen LogP contribution in [0.2, 0.25) is 0 Å². The average Bonchev–Trinajstić information content (AvgIpc) is 2.79. The fourth-order valence-electron chi connectivity index (χ4n) is 3.57. The third-order valence-electron chi connectivity index (χ3n) is 5.42. The molecule has 0 amide bonds. The van der Waals surface area contributed by atoms with Gasteiger partial charge in [0.2, 0.25) is 17.8 Å². The average molecular weight is 515 g/mol. The highest BCUT2D eigenvalue weighted by Gasteiger charge is 2.35. The monoisotopic (exact) mass is 515 g/mol.